The zero-order chi connectivity index (χ0) is 44.0. The number of pyridine rings is 1. The van der Waals surface area contributed by atoms with E-state index in [1.165, 1.54) is 16.9 Å². The van der Waals surface area contributed by atoms with Gasteiger partial charge in [-0.3, -0.25) is 14.4 Å². The molecule has 10 rings (SSSR count). The molecule has 0 radical (unpaired) electrons. The number of hydrogen-bond acceptors (Lipinski definition) is 14. The molecule has 17 heteroatoms. The third kappa shape index (κ3) is 8.34. The highest BCUT2D eigenvalue weighted by molar-refractivity contribution is 7.15. The van der Waals surface area contributed by atoms with E-state index in [0.29, 0.717) is 52.7 Å². The first-order valence-electron chi connectivity index (χ1n) is 22.0. The number of benzene rings is 1. The number of nitriles is 1. The van der Waals surface area contributed by atoms with Crippen molar-refractivity contribution >= 4 is 40.4 Å². The number of nitrogens with zero attached hydrogens (tertiary/aromatic N) is 10. The number of rotatable bonds is 11. The largest absolute Gasteiger partial charge is 0.490 e. The minimum absolute atomic E-state index is 0.0257. The van der Waals surface area contributed by atoms with E-state index in [2.05, 4.69) is 66.1 Å². The van der Waals surface area contributed by atoms with Crippen LogP contribution in [0.4, 0.5) is 5.82 Å². The Morgan fingerprint density at radius 2 is 1.91 bits per heavy atom. The smallest absolute Gasteiger partial charge is 0.272 e. The molecule has 2 saturated carbocycles. The highest BCUT2D eigenvalue weighted by Crippen LogP contribution is 2.51. The summed E-state index contributed by atoms with van der Waals surface area (Å²) < 4.78 is 20.2. The van der Waals surface area contributed by atoms with Crippen molar-refractivity contribution < 1.29 is 18.7 Å². The standard InChI is InChI=1S/C47H48ClN11O4S/c1-27-28(2)64-46-42(27)43(53-38(20-41-50-16-18-61-41)44-57-54-29(3)59(44)46)32-6-14-40(51-24-32)62-25-30-21-47(22-30)15-4-17-58(26-47)39-13-12-37(55-56-39)45(60)52-33-7-10-34(11-8-33)63-35-9-5-31(23-49)36(48)19-35/h5-6,9,12-14,16,18-19,24,30,33-34,38H,4,7-8,10-11,15,17,20-22,25-26H2,1-3H3,(H,52,60)/t30?,33-,34-,38-,47?/m0/s1. The molecule has 1 spiro atoms. The van der Waals surface area contributed by atoms with Crippen molar-refractivity contribution in [1.29, 1.82) is 5.26 Å². The molecule has 328 valence electrons. The van der Waals surface area contributed by atoms with Crippen LogP contribution in [0.1, 0.15) is 113 Å². The Kier molecular flexibility index (Phi) is 11.4. The number of aliphatic imine (C=N–C) groups is 1. The molecule has 1 saturated heterocycles. The lowest BCUT2D eigenvalue weighted by molar-refractivity contribution is 0.0103. The van der Waals surface area contributed by atoms with Gasteiger partial charge in [0.05, 0.1) is 41.6 Å². The molecule has 0 bridgehead atoms. The Bertz CT molecular complexity index is 2730. The molecule has 4 aliphatic rings. The second-order valence-corrected chi connectivity index (χ2v) is 19.2. The number of thiophene rings is 1. The Balaban J connectivity index is 0.719. The van der Waals surface area contributed by atoms with Crippen molar-refractivity contribution in [1.82, 2.24) is 40.2 Å². The molecule has 15 nitrogen and oxygen atoms in total. The molecule has 5 aromatic heterocycles. The van der Waals surface area contributed by atoms with Gasteiger partial charge in [0.2, 0.25) is 5.88 Å². The van der Waals surface area contributed by atoms with Gasteiger partial charge in [0, 0.05) is 53.5 Å². The van der Waals surface area contributed by atoms with Crippen LogP contribution in [0, 0.1) is 43.4 Å². The number of nitrogens with one attached hydrogen (secondary N) is 1. The number of anilines is 1. The molecular weight excluding hydrogens is 850 g/mol. The Morgan fingerprint density at radius 1 is 1.05 bits per heavy atom. The molecular formula is C47H48ClN11O4S. The van der Waals surface area contributed by atoms with Crippen LogP contribution in [0.15, 0.2) is 70.5 Å². The van der Waals surface area contributed by atoms with Gasteiger partial charge in [-0.25, -0.2) is 9.97 Å². The maximum Gasteiger partial charge on any atom is 0.272 e. The lowest BCUT2D eigenvalue weighted by Crippen LogP contribution is -2.51. The Morgan fingerprint density at radius 3 is 2.64 bits per heavy atom. The van der Waals surface area contributed by atoms with Gasteiger partial charge in [-0.2, -0.15) is 5.26 Å². The number of ether oxygens (including phenoxy) is 2. The number of piperidine rings is 1. The topological polar surface area (TPSA) is 182 Å². The average Bonchev–Trinajstić information content (AvgIpc) is 4.01. The van der Waals surface area contributed by atoms with Gasteiger partial charge >= 0.3 is 0 Å². The number of aromatic nitrogens is 7. The van der Waals surface area contributed by atoms with Crippen molar-refractivity contribution in [3.63, 3.8) is 0 Å². The van der Waals surface area contributed by atoms with E-state index < -0.39 is 0 Å². The van der Waals surface area contributed by atoms with Crippen molar-refractivity contribution in [3.05, 3.63) is 117 Å². The van der Waals surface area contributed by atoms with Crippen molar-refractivity contribution in [2.24, 2.45) is 16.3 Å². The summed E-state index contributed by atoms with van der Waals surface area (Å²) in [7, 11) is 0. The third-order valence-corrected chi connectivity index (χ3v) is 14.8. The van der Waals surface area contributed by atoms with Crippen LogP contribution < -0.4 is 19.7 Å². The number of hydrogen-bond donors (Lipinski definition) is 1. The second kappa shape index (κ2) is 17.4. The molecule has 1 amide bonds. The number of carbonyl (C=O) groups is 1. The quantitative estimate of drug-likeness (QED) is 0.132. The highest BCUT2D eigenvalue weighted by Gasteiger charge is 2.47. The lowest BCUT2D eigenvalue weighted by atomic mass is 9.58. The van der Waals surface area contributed by atoms with E-state index in [1.54, 1.807) is 48.1 Å². The van der Waals surface area contributed by atoms with Gasteiger partial charge in [0.1, 0.15) is 34.9 Å². The average molecular weight is 898 g/mol. The summed E-state index contributed by atoms with van der Waals surface area (Å²) in [4.78, 5) is 31.2. The summed E-state index contributed by atoms with van der Waals surface area (Å²) in [5.41, 5.74) is 4.96. The zero-order valence-corrected chi connectivity index (χ0v) is 37.5. The van der Waals surface area contributed by atoms with Gasteiger partial charge in [-0.15, -0.1) is 31.7 Å². The molecule has 1 aromatic carbocycles. The summed E-state index contributed by atoms with van der Waals surface area (Å²) >= 11 is 7.90. The molecule has 0 unspecified atom stereocenters. The van der Waals surface area contributed by atoms with Crippen molar-refractivity contribution in [3.8, 4) is 22.7 Å². The SMILES string of the molecule is Cc1sc2c(c1C)C(c1ccc(OCC3CC4(CCCN(c5ccc(C(=O)N[C@H]6CC[C@H](Oc7ccc(C#N)c(Cl)c7)CC6)nn5)C4)C3)nc1)=N[C@@H](Cc1ncco1)c1nnc(C)n1-2. The van der Waals surface area contributed by atoms with E-state index in [9.17, 15) is 4.79 Å². The molecule has 7 heterocycles. The van der Waals surface area contributed by atoms with Crippen LogP contribution >= 0.6 is 22.9 Å². The van der Waals surface area contributed by atoms with Gasteiger partial charge in [-0.1, -0.05) is 11.6 Å². The van der Waals surface area contributed by atoms with E-state index in [1.807, 2.05) is 25.3 Å². The first-order valence-corrected chi connectivity index (χ1v) is 23.2. The van der Waals surface area contributed by atoms with Crippen LogP contribution in [0.2, 0.25) is 5.02 Å². The first kappa shape index (κ1) is 41.8. The maximum atomic E-state index is 13.2. The fourth-order valence-electron chi connectivity index (χ4n) is 9.92. The van der Waals surface area contributed by atoms with E-state index in [-0.39, 0.29) is 29.5 Å². The minimum Gasteiger partial charge on any atom is -0.490 e. The number of halogens is 1. The zero-order valence-electron chi connectivity index (χ0n) is 36.0. The first-order chi connectivity index (χ1) is 31.1. The summed E-state index contributed by atoms with van der Waals surface area (Å²) in [5, 5.41) is 31.6. The van der Waals surface area contributed by atoms with Crippen LogP contribution in [0.5, 0.6) is 11.6 Å². The molecule has 2 aliphatic carbocycles. The number of aryl methyl sites for hydroxylation is 2. The molecule has 6 aromatic rings. The van der Waals surface area contributed by atoms with Crippen LogP contribution in [-0.2, 0) is 6.42 Å². The van der Waals surface area contributed by atoms with Crippen molar-refractivity contribution in [2.45, 2.75) is 96.7 Å². The number of amides is 1. The molecule has 64 heavy (non-hydrogen) atoms. The molecule has 1 N–H and O–H groups in total. The van der Waals surface area contributed by atoms with E-state index >= 15 is 0 Å². The predicted octanol–water partition coefficient (Wildman–Crippen LogP) is 8.28. The Labute approximate surface area is 379 Å². The summed E-state index contributed by atoms with van der Waals surface area (Å²) in [6.45, 7) is 8.69. The third-order valence-electron chi connectivity index (χ3n) is 13.3. The van der Waals surface area contributed by atoms with Gasteiger partial charge in [0.15, 0.2) is 23.2 Å². The van der Waals surface area contributed by atoms with Crippen LogP contribution in [-0.4, -0.2) is 78.4 Å². The van der Waals surface area contributed by atoms with Crippen LogP contribution in [0.25, 0.3) is 5.00 Å². The maximum absolute atomic E-state index is 13.2. The number of carbonyl (C=O) groups excluding carboxylic acids is 1. The number of oxazole rings is 1. The fraction of sp³-hybridized carbons (Fsp3) is 0.426. The minimum atomic E-state index is -0.349. The van der Waals surface area contributed by atoms with E-state index in [4.69, 9.17) is 40.7 Å². The van der Waals surface area contributed by atoms with Gasteiger partial charge in [-0.05, 0) is 119 Å². The highest BCUT2D eigenvalue weighted by atomic mass is 35.5. The normalized spacial score (nSPS) is 22.7. The van der Waals surface area contributed by atoms with Crippen LogP contribution in [0.3, 0.4) is 0 Å². The van der Waals surface area contributed by atoms with Crippen molar-refractivity contribution in [2.75, 3.05) is 24.6 Å². The monoisotopic (exact) mass is 897 g/mol. The Hall–Kier alpha value is -6.18. The predicted molar refractivity (Wildman–Crippen MR) is 241 cm³/mol. The summed E-state index contributed by atoms with van der Waals surface area (Å²) in [5.74, 6) is 4.44. The second-order valence-electron chi connectivity index (χ2n) is 17.6. The van der Waals surface area contributed by atoms with Gasteiger partial charge in [0.25, 0.3) is 5.91 Å². The van der Waals surface area contributed by atoms with Gasteiger partial charge < -0.3 is 24.1 Å². The molecule has 3 fully saturated rings. The summed E-state index contributed by atoms with van der Waals surface area (Å²) in [6, 6.07) is 14.6. The van der Waals surface area contributed by atoms with E-state index in [0.717, 1.165) is 97.3 Å². The summed E-state index contributed by atoms with van der Waals surface area (Å²) in [6.07, 6.45) is 13.2. The number of fused-ring (bicyclic) bond motifs is 3. The molecule has 1 atom stereocenters. The molecule has 2 aliphatic heterocycles. The fourth-order valence-corrected chi connectivity index (χ4v) is 11.4. The lowest BCUT2D eigenvalue weighted by Gasteiger charge is -2.53.